The molecule has 1 aliphatic carbocycles. The van der Waals surface area contributed by atoms with Crippen LogP contribution in [-0.2, 0) is 27.1 Å². The lowest BCUT2D eigenvalue weighted by atomic mass is 9.88. The lowest BCUT2D eigenvalue weighted by Crippen LogP contribution is -2.33. The number of amides is 2. The monoisotopic (exact) mass is 471 g/mol. The molecule has 32 heavy (non-hydrogen) atoms. The standard InChI is InChI=1S/C23H25N3O4S2/c24-11-19-18-5-3-16(13-30-23(28)25-12-17-2-1-8-29-17)10-20(18)32-22(19)26-21(27)6-4-15-7-9-31-14-15/h4,6-7,9,14,16-17H,1-3,5,8,10,12-13H2,(H,25,28)(H,26,27)/b6-4+. The molecule has 2 aliphatic rings. The summed E-state index contributed by atoms with van der Waals surface area (Å²) in [5, 5.41) is 19.8. The molecule has 0 bridgehead atoms. The van der Waals surface area contributed by atoms with Crippen LogP contribution in [0.5, 0.6) is 0 Å². The van der Waals surface area contributed by atoms with E-state index in [1.807, 2.05) is 16.8 Å². The number of hydrogen-bond acceptors (Lipinski definition) is 7. The SMILES string of the molecule is N#Cc1c(NC(=O)/C=C/c2ccsc2)sc2c1CCC(COC(=O)NCC1CCCO1)C2. The summed E-state index contributed by atoms with van der Waals surface area (Å²) in [6.45, 7) is 1.57. The number of fused-ring (bicyclic) bond motifs is 1. The van der Waals surface area contributed by atoms with Crippen molar-refractivity contribution in [2.24, 2.45) is 5.92 Å². The molecule has 0 saturated carbocycles. The van der Waals surface area contributed by atoms with Crippen LogP contribution < -0.4 is 10.6 Å². The van der Waals surface area contributed by atoms with Crippen LogP contribution in [0.4, 0.5) is 9.80 Å². The molecular weight excluding hydrogens is 446 g/mol. The molecule has 0 spiro atoms. The zero-order valence-electron chi connectivity index (χ0n) is 17.6. The highest BCUT2D eigenvalue weighted by molar-refractivity contribution is 7.16. The van der Waals surface area contributed by atoms with Gasteiger partial charge in [-0.1, -0.05) is 0 Å². The lowest BCUT2D eigenvalue weighted by molar-refractivity contribution is -0.111. The van der Waals surface area contributed by atoms with Gasteiger partial charge < -0.3 is 20.1 Å². The highest BCUT2D eigenvalue weighted by Gasteiger charge is 2.27. The molecule has 9 heteroatoms. The molecule has 3 heterocycles. The van der Waals surface area contributed by atoms with E-state index in [0.717, 1.165) is 54.7 Å². The van der Waals surface area contributed by atoms with E-state index in [2.05, 4.69) is 16.7 Å². The van der Waals surface area contributed by atoms with E-state index in [1.165, 1.54) is 17.4 Å². The molecule has 7 nitrogen and oxygen atoms in total. The first kappa shape index (κ1) is 22.5. The fourth-order valence-corrected chi connectivity index (χ4v) is 5.89. The fourth-order valence-electron chi connectivity index (χ4n) is 3.95. The van der Waals surface area contributed by atoms with Gasteiger partial charge in [-0.15, -0.1) is 11.3 Å². The minimum atomic E-state index is -0.416. The van der Waals surface area contributed by atoms with Gasteiger partial charge in [0.1, 0.15) is 11.1 Å². The predicted molar refractivity (Wildman–Crippen MR) is 125 cm³/mol. The maximum atomic E-state index is 12.3. The Labute approximate surface area is 195 Å². The van der Waals surface area contributed by atoms with Crippen LogP contribution in [0.3, 0.4) is 0 Å². The number of nitrogens with zero attached hydrogens (tertiary/aromatic N) is 1. The Kier molecular flexibility index (Phi) is 7.58. The van der Waals surface area contributed by atoms with Crippen LogP contribution in [0, 0.1) is 17.2 Å². The van der Waals surface area contributed by atoms with Crippen molar-refractivity contribution in [1.82, 2.24) is 5.32 Å². The van der Waals surface area contributed by atoms with Crippen LogP contribution in [0.25, 0.3) is 6.08 Å². The third-order valence-electron chi connectivity index (χ3n) is 5.63. The highest BCUT2D eigenvalue weighted by Crippen LogP contribution is 2.39. The normalized spacial score (nSPS) is 20.0. The Morgan fingerprint density at radius 3 is 3.03 bits per heavy atom. The Balaban J connectivity index is 1.30. The summed E-state index contributed by atoms with van der Waals surface area (Å²) in [6.07, 6.45) is 7.21. The molecule has 2 aromatic heterocycles. The van der Waals surface area contributed by atoms with E-state index >= 15 is 0 Å². The maximum Gasteiger partial charge on any atom is 0.407 e. The summed E-state index contributed by atoms with van der Waals surface area (Å²) in [7, 11) is 0. The van der Waals surface area contributed by atoms with Crippen LogP contribution in [0.15, 0.2) is 22.9 Å². The van der Waals surface area contributed by atoms with Gasteiger partial charge in [-0.3, -0.25) is 4.79 Å². The summed E-state index contributed by atoms with van der Waals surface area (Å²) in [6, 6.07) is 4.19. The summed E-state index contributed by atoms with van der Waals surface area (Å²) in [5.74, 6) is -0.0581. The molecule has 2 amide bonds. The van der Waals surface area contributed by atoms with E-state index in [9.17, 15) is 14.9 Å². The quantitative estimate of drug-likeness (QED) is 0.585. The van der Waals surface area contributed by atoms with Crippen molar-refractivity contribution in [2.75, 3.05) is 25.1 Å². The Bertz CT molecular complexity index is 1020. The summed E-state index contributed by atoms with van der Waals surface area (Å²) < 4.78 is 10.9. The van der Waals surface area contributed by atoms with E-state index in [-0.39, 0.29) is 17.9 Å². The van der Waals surface area contributed by atoms with Gasteiger partial charge >= 0.3 is 6.09 Å². The number of carbonyl (C=O) groups is 2. The molecule has 0 radical (unpaired) electrons. The van der Waals surface area contributed by atoms with Crippen molar-refractivity contribution in [3.8, 4) is 6.07 Å². The molecule has 2 N–H and O–H groups in total. The number of thiophene rings is 2. The molecule has 2 unspecified atom stereocenters. The number of nitrogens with one attached hydrogen (secondary N) is 2. The van der Waals surface area contributed by atoms with Gasteiger partial charge in [-0.25, -0.2) is 4.79 Å². The third kappa shape index (κ3) is 5.76. The van der Waals surface area contributed by atoms with Gasteiger partial charge in [-0.2, -0.15) is 16.6 Å². The first-order chi connectivity index (χ1) is 15.6. The second-order valence-corrected chi connectivity index (χ2v) is 9.81. The molecule has 4 rings (SSSR count). The molecule has 2 aromatic rings. The zero-order valence-corrected chi connectivity index (χ0v) is 19.2. The summed E-state index contributed by atoms with van der Waals surface area (Å²) in [5.41, 5.74) is 2.53. The molecule has 0 aromatic carbocycles. The average molecular weight is 472 g/mol. The number of rotatable bonds is 7. The smallest absolute Gasteiger partial charge is 0.407 e. The minimum absolute atomic E-state index is 0.0871. The number of ether oxygens (including phenoxy) is 2. The number of alkyl carbamates (subject to hydrolysis) is 1. The van der Waals surface area contributed by atoms with Crippen molar-refractivity contribution in [3.05, 3.63) is 44.5 Å². The van der Waals surface area contributed by atoms with Gasteiger partial charge in [0.05, 0.1) is 18.3 Å². The fraction of sp³-hybridized carbons (Fsp3) is 0.435. The van der Waals surface area contributed by atoms with Crippen molar-refractivity contribution in [1.29, 1.82) is 5.26 Å². The molecule has 1 fully saturated rings. The van der Waals surface area contributed by atoms with Gasteiger partial charge in [0.25, 0.3) is 0 Å². The second-order valence-electron chi connectivity index (χ2n) is 7.92. The lowest BCUT2D eigenvalue weighted by Gasteiger charge is -2.22. The third-order valence-corrected chi connectivity index (χ3v) is 7.51. The highest BCUT2D eigenvalue weighted by atomic mass is 32.1. The number of nitriles is 1. The Morgan fingerprint density at radius 2 is 2.28 bits per heavy atom. The van der Waals surface area contributed by atoms with Crippen molar-refractivity contribution >= 4 is 45.8 Å². The van der Waals surface area contributed by atoms with Gasteiger partial charge in [-0.05, 0) is 72.1 Å². The Hall–Kier alpha value is -2.67. The van der Waals surface area contributed by atoms with Gasteiger partial charge in [0, 0.05) is 24.1 Å². The number of hydrogen-bond donors (Lipinski definition) is 2. The molecule has 168 valence electrons. The maximum absolute atomic E-state index is 12.3. The molecule has 1 saturated heterocycles. The van der Waals surface area contributed by atoms with Gasteiger partial charge in [0.15, 0.2) is 0 Å². The average Bonchev–Trinajstić information content (AvgIpc) is 3.55. The molecular formula is C23H25N3O4S2. The topological polar surface area (TPSA) is 100 Å². The van der Waals surface area contributed by atoms with Crippen LogP contribution in [0.2, 0.25) is 0 Å². The number of anilines is 1. The minimum Gasteiger partial charge on any atom is -0.449 e. The molecule has 1 aliphatic heterocycles. The largest absolute Gasteiger partial charge is 0.449 e. The predicted octanol–water partition coefficient (Wildman–Crippen LogP) is 4.34. The van der Waals surface area contributed by atoms with E-state index in [1.54, 1.807) is 17.4 Å². The Morgan fingerprint density at radius 1 is 1.38 bits per heavy atom. The van der Waals surface area contributed by atoms with Crippen molar-refractivity contribution in [2.45, 2.75) is 38.2 Å². The second kappa shape index (κ2) is 10.8. The first-order valence-corrected chi connectivity index (χ1v) is 12.5. The van der Waals surface area contributed by atoms with Crippen LogP contribution in [-0.4, -0.2) is 37.9 Å². The van der Waals surface area contributed by atoms with Crippen LogP contribution in [0.1, 0.15) is 40.8 Å². The van der Waals surface area contributed by atoms with Crippen molar-refractivity contribution < 1.29 is 19.1 Å². The summed E-state index contributed by atoms with van der Waals surface area (Å²) in [4.78, 5) is 25.4. The van der Waals surface area contributed by atoms with E-state index in [0.29, 0.717) is 23.7 Å². The van der Waals surface area contributed by atoms with E-state index in [4.69, 9.17) is 9.47 Å². The first-order valence-electron chi connectivity index (χ1n) is 10.7. The summed E-state index contributed by atoms with van der Waals surface area (Å²) >= 11 is 3.01. The van der Waals surface area contributed by atoms with Crippen molar-refractivity contribution in [3.63, 3.8) is 0 Å². The zero-order chi connectivity index (χ0) is 22.3. The van der Waals surface area contributed by atoms with E-state index < -0.39 is 6.09 Å². The van der Waals surface area contributed by atoms with Crippen LogP contribution >= 0.6 is 22.7 Å². The van der Waals surface area contributed by atoms with Gasteiger partial charge in [0.2, 0.25) is 5.91 Å². The molecule has 2 atom stereocenters. The number of carbonyl (C=O) groups excluding carboxylic acids is 2.